The van der Waals surface area contributed by atoms with Gasteiger partial charge < -0.3 is 10.6 Å². The minimum Gasteiger partial charge on any atom is -0.350 e. The Morgan fingerprint density at radius 2 is 1.94 bits per heavy atom. The van der Waals surface area contributed by atoms with Crippen molar-refractivity contribution in [2.75, 3.05) is 6.54 Å². The predicted octanol–water partition coefficient (Wildman–Crippen LogP) is 4.01. The van der Waals surface area contributed by atoms with E-state index in [9.17, 15) is 9.59 Å². The second kappa shape index (κ2) is 8.77. The van der Waals surface area contributed by atoms with Crippen LogP contribution in [0.3, 0.4) is 0 Å². The van der Waals surface area contributed by atoms with Crippen molar-refractivity contribution in [3.8, 4) is 0 Å². The molecule has 4 bridgehead atoms. The van der Waals surface area contributed by atoms with Crippen molar-refractivity contribution in [2.24, 2.45) is 23.7 Å². The van der Waals surface area contributed by atoms with E-state index in [-0.39, 0.29) is 35.6 Å². The Hall–Kier alpha value is -2.37. The standard InChI is InChI=1S/C27H32ClN3O2/c1-17(2)11-22-23-13-20-16-31(15-19-9-6-10-21(28)12-19)24(22)27(20,30-25(23)32)26(33)29-14-18-7-4-3-5-8-18/h3-10,12,17,20,22-24H,11,13-16H2,1-2H3,(H,29,33)(H,30,32)/t20-,22+,23+,24-,27-/m0/s1. The molecule has 5 atom stereocenters. The maximum Gasteiger partial charge on any atom is 0.248 e. The number of nitrogens with one attached hydrogen (secondary N) is 2. The third-order valence-electron chi connectivity index (χ3n) is 7.78. The quantitative estimate of drug-likeness (QED) is 0.649. The van der Waals surface area contributed by atoms with E-state index in [0.717, 1.165) is 42.1 Å². The summed E-state index contributed by atoms with van der Waals surface area (Å²) in [6.07, 6.45) is 1.72. The number of piperidine rings is 2. The van der Waals surface area contributed by atoms with Crippen LogP contribution in [0.5, 0.6) is 0 Å². The van der Waals surface area contributed by atoms with Crippen LogP contribution in [0.2, 0.25) is 5.02 Å². The SMILES string of the molecule is CC(C)C[C@H]1[C@@H]2N(Cc3cccc(Cl)c3)C[C@@H]3C[C@H]1C(=O)N[C@@]32C(=O)NCc1ccccc1. The number of carbonyl (C=O) groups excluding carboxylic acids is 2. The van der Waals surface area contributed by atoms with Gasteiger partial charge in [0.25, 0.3) is 0 Å². The van der Waals surface area contributed by atoms with E-state index < -0.39 is 5.54 Å². The molecule has 6 heteroatoms. The molecule has 2 aromatic carbocycles. The molecule has 0 aromatic heterocycles. The summed E-state index contributed by atoms with van der Waals surface area (Å²) >= 11 is 6.26. The summed E-state index contributed by atoms with van der Waals surface area (Å²) < 4.78 is 0. The van der Waals surface area contributed by atoms with E-state index >= 15 is 0 Å². The fraction of sp³-hybridized carbons (Fsp3) is 0.481. The van der Waals surface area contributed by atoms with Crippen molar-refractivity contribution in [3.05, 3.63) is 70.7 Å². The molecular formula is C27H32ClN3O2. The van der Waals surface area contributed by atoms with Gasteiger partial charge in [-0.05, 0) is 47.9 Å². The molecule has 5 nitrogen and oxygen atoms in total. The fourth-order valence-electron chi connectivity index (χ4n) is 6.59. The first-order chi connectivity index (χ1) is 15.9. The highest BCUT2D eigenvalue weighted by molar-refractivity contribution is 6.30. The molecule has 33 heavy (non-hydrogen) atoms. The van der Waals surface area contributed by atoms with Crippen LogP contribution in [-0.4, -0.2) is 34.8 Å². The number of carbonyl (C=O) groups is 2. The van der Waals surface area contributed by atoms with E-state index in [1.165, 1.54) is 0 Å². The van der Waals surface area contributed by atoms with Crippen molar-refractivity contribution < 1.29 is 9.59 Å². The van der Waals surface area contributed by atoms with Gasteiger partial charge in [0, 0.05) is 42.5 Å². The van der Waals surface area contributed by atoms with Crippen LogP contribution in [0.15, 0.2) is 54.6 Å². The summed E-state index contributed by atoms with van der Waals surface area (Å²) in [5.41, 5.74) is 1.32. The van der Waals surface area contributed by atoms with Crippen molar-refractivity contribution in [2.45, 2.75) is 51.4 Å². The maximum absolute atomic E-state index is 13.9. The molecular weight excluding hydrogens is 434 g/mol. The second-order valence-electron chi connectivity index (χ2n) is 10.4. The van der Waals surface area contributed by atoms with Gasteiger partial charge in [-0.25, -0.2) is 0 Å². The molecule has 2 aromatic rings. The van der Waals surface area contributed by atoms with Crippen molar-refractivity contribution in [1.82, 2.24) is 15.5 Å². The number of hydrogen-bond acceptors (Lipinski definition) is 3. The van der Waals surface area contributed by atoms with Crippen molar-refractivity contribution in [1.29, 1.82) is 0 Å². The average molecular weight is 466 g/mol. The minimum absolute atomic E-state index is 0.0175. The summed E-state index contributed by atoms with van der Waals surface area (Å²) in [5, 5.41) is 7.13. The highest BCUT2D eigenvalue weighted by atomic mass is 35.5. The summed E-state index contributed by atoms with van der Waals surface area (Å²) in [6.45, 7) is 6.41. The van der Waals surface area contributed by atoms with E-state index in [1.807, 2.05) is 48.5 Å². The molecule has 4 aliphatic rings. The second-order valence-corrected chi connectivity index (χ2v) is 10.8. The molecule has 6 rings (SSSR count). The number of hydrogen-bond donors (Lipinski definition) is 2. The van der Waals surface area contributed by atoms with Gasteiger partial charge in [-0.1, -0.05) is 67.9 Å². The molecule has 2 N–H and O–H groups in total. The first kappa shape index (κ1) is 22.4. The predicted molar refractivity (Wildman–Crippen MR) is 129 cm³/mol. The molecule has 4 fully saturated rings. The lowest BCUT2D eigenvalue weighted by Gasteiger charge is -2.55. The molecule has 0 spiro atoms. The Morgan fingerprint density at radius 3 is 2.67 bits per heavy atom. The fourth-order valence-corrected chi connectivity index (χ4v) is 6.80. The third-order valence-corrected chi connectivity index (χ3v) is 8.01. The van der Waals surface area contributed by atoms with Crippen LogP contribution >= 0.6 is 11.6 Å². The Labute approximate surface area is 200 Å². The van der Waals surface area contributed by atoms with Crippen LogP contribution in [0, 0.1) is 23.7 Å². The van der Waals surface area contributed by atoms with Crippen LogP contribution in [-0.2, 0) is 22.7 Å². The zero-order valence-electron chi connectivity index (χ0n) is 19.3. The Kier molecular flexibility index (Phi) is 5.96. The van der Waals surface area contributed by atoms with Gasteiger partial charge in [-0.2, -0.15) is 0 Å². The minimum atomic E-state index is -0.876. The molecule has 2 amide bonds. The Balaban J connectivity index is 1.47. The van der Waals surface area contributed by atoms with Crippen LogP contribution in [0.25, 0.3) is 0 Å². The molecule has 1 aliphatic carbocycles. The summed E-state index contributed by atoms with van der Waals surface area (Å²) in [7, 11) is 0. The van der Waals surface area contributed by atoms with Crippen LogP contribution in [0.4, 0.5) is 0 Å². The third kappa shape index (κ3) is 3.95. The molecule has 1 saturated carbocycles. The van der Waals surface area contributed by atoms with Gasteiger partial charge >= 0.3 is 0 Å². The van der Waals surface area contributed by atoms with Gasteiger partial charge in [-0.3, -0.25) is 14.5 Å². The molecule has 3 heterocycles. The number of amides is 2. The van der Waals surface area contributed by atoms with Crippen LogP contribution in [0.1, 0.15) is 37.8 Å². The van der Waals surface area contributed by atoms with Gasteiger partial charge in [0.1, 0.15) is 5.54 Å². The highest BCUT2D eigenvalue weighted by Crippen LogP contribution is 2.54. The Bertz CT molecular complexity index is 1040. The van der Waals surface area contributed by atoms with Crippen LogP contribution < -0.4 is 10.6 Å². The number of halogens is 1. The maximum atomic E-state index is 13.9. The zero-order chi connectivity index (χ0) is 23.2. The zero-order valence-corrected chi connectivity index (χ0v) is 20.0. The lowest BCUT2D eigenvalue weighted by molar-refractivity contribution is -0.155. The normalized spacial score (nSPS) is 30.5. The average Bonchev–Trinajstić information content (AvgIpc) is 3.01. The first-order valence-electron chi connectivity index (χ1n) is 12.0. The summed E-state index contributed by atoms with van der Waals surface area (Å²) in [6, 6.07) is 17.9. The van der Waals surface area contributed by atoms with Crippen molar-refractivity contribution >= 4 is 23.4 Å². The molecule has 0 unspecified atom stereocenters. The first-order valence-corrected chi connectivity index (χ1v) is 12.4. The monoisotopic (exact) mass is 465 g/mol. The Morgan fingerprint density at radius 1 is 1.18 bits per heavy atom. The van der Waals surface area contributed by atoms with Gasteiger partial charge in [0.2, 0.25) is 11.8 Å². The van der Waals surface area contributed by atoms with Gasteiger partial charge in [0.15, 0.2) is 0 Å². The number of fused-ring (bicyclic) bond motifs is 1. The number of rotatable bonds is 7. The van der Waals surface area contributed by atoms with E-state index in [2.05, 4.69) is 35.4 Å². The van der Waals surface area contributed by atoms with E-state index in [0.29, 0.717) is 12.5 Å². The molecule has 3 saturated heterocycles. The van der Waals surface area contributed by atoms with E-state index in [1.54, 1.807) is 0 Å². The number of likely N-dealkylation sites (tertiary alicyclic amines) is 1. The van der Waals surface area contributed by atoms with Gasteiger partial charge in [-0.15, -0.1) is 0 Å². The molecule has 174 valence electrons. The topological polar surface area (TPSA) is 61.4 Å². The summed E-state index contributed by atoms with van der Waals surface area (Å²) in [5.74, 6) is 0.722. The number of benzene rings is 2. The summed E-state index contributed by atoms with van der Waals surface area (Å²) in [4.78, 5) is 29.4. The molecule has 0 radical (unpaired) electrons. The van der Waals surface area contributed by atoms with E-state index in [4.69, 9.17) is 11.6 Å². The lowest BCUT2D eigenvalue weighted by atomic mass is 9.57. The molecule has 3 aliphatic heterocycles. The lowest BCUT2D eigenvalue weighted by Crippen LogP contribution is -2.77. The van der Waals surface area contributed by atoms with Gasteiger partial charge in [0.05, 0.1) is 0 Å². The largest absolute Gasteiger partial charge is 0.350 e. The smallest absolute Gasteiger partial charge is 0.248 e. The van der Waals surface area contributed by atoms with Crippen molar-refractivity contribution in [3.63, 3.8) is 0 Å². The highest BCUT2D eigenvalue weighted by Gasteiger charge is 2.70. The number of nitrogens with zero attached hydrogens (tertiary/aromatic N) is 1.